The summed E-state index contributed by atoms with van der Waals surface area (Å²) in [5.74, 6) is -2.06. The molecule has 34 heavy (non-hydrogen) atoms. The average molecular weight is 489 g/mol. The predicted molar refractivity (Wildman–Crippen MR) is 122 cm³/mol. The van der Waals surface area contributed by atoms with Crippen molar-refractivity contribution in [2.75, 3.05) is 11.8 Å². The van der Waals surface area contributed by atoms with Crippen molar-refractivity contribution in [2.45, 2.75) is 24.3 Å². The van der Waals surface area contributed by atoms with Crippen molar-refractivity contribution >= 4 is 27.6 Å². The molecular formula is C24H22F2N2O5S. The minimum atomic E-state index is -3.96. The van der Waals surface area contributed by atoms with E-state index in [1.54, 1.807) is 0 Å². The van der Waals surface area contributed by atoms with Gasteiger partial charge in [0.1, 0.15) is 11.6 Å². The SMILES string of the molecule is COC(=O)CC(NC(=O)c1ccc(NS(=O)(=O)c2ccc(F)c(C)c2)cc1)c1ccc(F)cc1. The van der Waals surface area contributed by atoms with Crippen LogP contribution in [0.3, 0.4) is 0 Å². The minimum Gasteiger partial charge on any atom is -0.469 e. The average Bonchev–Trinajstić information content (AvgIpc) is 2.81. The number of methoxy groups -OCH3 is 1. The Morgan fingerprint density at radius 3 is 2.21 bits per heavy atom. The van der Waals surface area contributed by atoms with Crippen LogP contribution < -0.4 is 10.0 Å². The third kappa shape index (κ3) is 6.16. The molecule has 0 aliphatic carbocycles. The highest BCUT2D eigenvalue weighted by atomic mass is 32.2. The Bertz CT molecular complexity index is 1290. The minimum absolute atomic E-state index is 0.0989. The standard InChI is InChI=1S/C24H22F2N2O5S/c1-15-13-20(11-12-21(15)26)34(31,32)28-19-9-5-17(6-10-19)24(30)27-22(14-23(29)33-2)16-3-7-18(25)8-4-16/h3-13,22,28H,14H2,1-2H3,(H,27,30). The molecule has 0 spiro atoms. The Morgan fingerprint density at radius 2 is 1.62 bits per heavy atom. The third-order valence-electron chi connectivity index (χ3n) is 5.02. The van der Waals surface area contributed by atoms with E-state index in [0.29, 0.717) is 5.56 Å². The van der Waals surface area contributed by atoms with Crippen LogP contribution in [0.4, 0.5) is 14.5 Å². The lowest BCUT2D eigenvalue weighted by Gasteiger charge is -2.18. The van der Waals surface area contributed by atoms with Gasteiger partial charge in [0, 0.05) is 11.3 Å². The molecule has 0 radical (unpaired) electrons. The maximum Gasteiger partial charge on any atom is 0.307 e. The fraction of sp³-hybridized carbons (Fsp3) is 0.167. The van der Waals surface area contributed by atoms with Gasteiger partial charge in [-0.05, 0) is 72.6 Å². The number of aryl methyl sites for hydroxylation is 1. The van der Waals surface area contributed by atoms with Crippen molar-refractivity contribution in [3.05, 3.63) is 95.1 Å². The van der Waals surface area contributed by atoms with Crippen LogP contribution in [0.15, 0.2) is 71.6 Å². The number of carbonyl (C=O) groups is 2. The van der Waals surface area contributed by atoms with Crippen LogP contribution in [-0.2, 0) is 19.6 Å². The largest absolute Gasteiger partial charge is 0.469 e. The van der Waals surface area contributed by atoms with E-state index in [-0.39, 0.29) is 28.1 Å². The monoisotopic (exact) mass is 488 g/mol. The quantitative estimate of drug-likeness (QED) is 0.465. The number of ether oxygens (including phenoxy) is 1. The summed E-state index contributed by atoms with van der Waals surface area (Å²) in [6.07, 6.45) is -0.164. The summed E-state index contributed by atoms with van der Waals surface area (Å²) in [6, 6.07) is 13.6. The van der Waals surface area contributed by atoms with Gasteiger partial charge in [0.15, 0.2) is 0 Å². The lowest BCUT2D eigenvalue weighted by molar-refractivity contribution is -0.141. The van der Waals surface area contributed by atoms with Crippen molar-refractivity contribution in [2.24, 2.45) is 0 Å². The van der Waals surface area contributed by atoms with Gasteiger partial charge in [-0.2, -0.15) is 0 Å². The Hall–Kier alpha value is -3.79. The van der Waals surface area contributed by atoms with Crippen molar-refractivity contribution in [1.82, 2.24) is 5.32 Å². The topological polar surface area (TPSA) is 102 Å². The van der Waals surface area contributed by atoms with Crippen molar-refractivity contribution in [1.29, 1.82) is 0 Å². The van der Waals surface area contributed by atoms with Crippen LogP contribution in [0.5, 0.6) is 0 Å². The molecule has 1 atom stereocenters. The van der Waals surface area contributed by atoms with E-state index in [2.05, 4.69) is 14.8 Å². The highest BCUT2D eigenvalue weighted by molar-refractivity contribution is 7.92. The number of esters is 1. The van der Waals surface area contributed by atoms with Gasteiger partial charge in [0.25, 0.3) is 15.9 Å². The van der Waals surface area contributed by atoms with Gasteiger partial charge < -0.3 is 10.1 Å². The van der Waals surface area contributed by atoms with E-state index in [4.69, 9.17) is 0 Å². The predicted octanol–water partition coefficient (Wildman–Crippen LogP) is 4.11. The lowest BCUT2D eigenvalue weighted by atomic mass is 10.0. The van der Waals surface area contributed by atoms with Crippen LogP contribution >= 0.6 is 0 Å². The van der Waals surface area contributed by atoms with Gasteiger partial charge >= 0.3 is 5.97 Å². The summed E-state index contributed by atoms with van der Waals surface area (Å²) < 4.78 is 58.9. The Morgan fingerprint density at radius 1 is 0.971 bits per heavy atom. The fourth-order valence-electron chi connectivity index (χ4n) is 3.13. The van der Waals surface area contributed by atoms with Crippen molar-refractivity contribution in [3.8, 4) is 0 Å². The number of nitrogens with one attached hydrogen (secondary N) is 2. The highest BCUT2D eigenvalue weighted by Gasteiger charge is 2.20. The summed E-state index contributed by atoms with van der Waals surface area (Å²) in [5, 5.41) is 2.70. The summed E-state index contributed by atoms with van der Waals surface area (Å²) in [4.78, 5) is 24.4. The molecule has 0 aromatic heterocycles. The number of hydrogen-bond donors (Lipinski definition) is 2. The Balaban J connectivity index is 1.74. The van der Waals surface area contributed by atoms with Crippen LogP contribution in [0.1, 0.15) is 33.9 Å². The van der Waals surface area contributed by atoms with Gasteiger partial charge in [-0.3, -0.25) is 14.3 Å². The fourth-order valence-corrected chi connectivity index (χ4v) is 4.27. The molecule has 3 aromatic rings. The molecule has 0 bridgehead atoms. The molecule has 1 amide bonds. The second-order valence-electron chi connectivity index (χ2n) is 7.45. The third-order valence-corrected chi connectivity index (χ3v) is 6.39. The summed E-state index contributed by atoms with van der Waals surface area (Å²) in [6.45, 7) is 1.46. The van der Waals surface area contributed by atoms with Gasteiger partial charge in [-0.1, -0.05) is 12.1 Å². The lowest BCUT2D eigenvalue weighted by Crippen LogP contribution is -2.30. The van der Waals surface area contributed by atoms with Crippen LogP contribution in [0, 0.1) is 18.6 Å². The molecule has 178 valence electrons. The van der Waals surface area contributed by atoms with Crippen LogP contribution in [0.2, 0.25) is 0 Å². The first kappa shape index (κ1) is 24.8. The van der Waals surface area contributed by atoms with Gasteiger partial charge in [-0.25, -0.2) is 17.2 Å². The molecule has 0 saturated heterocycles. The van der Waals surface area contributed by atoms with Crippen LogP contribution in [-0.4, -0.2) is 27.4 Å². The second-order valence-corrected chi connectivity index (χ2v) is 9.13. The number of amides is 1. The summed E-state index contributed by atoms with van der Waals surface area (Å²) in [7, 11) is -2.74. The molecule has 7 nitrogen and oxygen atoms in total. The van der Waals surface area contributed by atoms with Crippen molar-refractivity contribution in [3.63, 3.8) is 0 Å². The molecule has 0 saturated carbocycles. The van der Waals surface area contributed by atoms with E-state index < -0.39 is 39.6 Å². The van der Waals surface area contributed by atoms with E-state index >= 15 is 0 Å². The first-order valence-corrected chi connectivity index (χ1v) is 11.6. The zero-order valence-corrected chi connectivity index (χ0v) is 19.2. The van der Waals surface area contributed by atoms with Crippen molar-refractivity contribution < 1.29 is 31.5 Å². The molecular weight excluding hydrogens is 466 g/mol. The molecule has 3 aromatic carbocycles. The zero-order valence-electron chi connectivity index (χ0n) is 18.3. The van der Waals surface area contributed by atoms with E-state index in [1.807, 2.05) is 0 Å². The first-order chi connectivity index (χ1) is 16.1. The Kier molecular flexibility index (Phi) is 7.62. The number of carbonyl (C=O) groups excluding carboxylic acids is 2. The normalized spacial score (nSPS) is 12.0. The number of anilines is 1. The van der Waals surface area contributed by atoms with Gasteiger partial charge in [0.05, 0.1) is 24.5 Å². The maximum atomic E-state index is 13.4. The number of sulfonamides is 1. The van der Waals surface area contributed by atoms with Gasteiger partial charge in [0.2, 0.25) is 0 Å². The van der Waals surface area contributed by atoms with E-state index in [1.165, 1.54) is 68.6 Å². The van der Waals surface area contributed by atoms with E-state index in [9.17, 15) is 26.8 Å². The molecule has 10 heteroatoms. The molecule has 1 unspecified atom stereocenters. The molecule has 3 rings (SSSR count). The zero-order chi connectivity index (χ0) is 24.9. The summed E-state index contributed by atoms with van der Waals surface area (Å²) in [5.41, 5.74) is 1.11. The maximum absolute atomic E-state index is 13.4. The number of halogens is 2. The number of hydrogen-bond acceptors (Lipinski definition) is 5. The first-order valence-electron chi connectivity index (χ1n) is 10.1. The number of benzene rings is 3. The van der Waals surface area contributed by atoms with Gasteiger partial charge in [-0.15, -0.1) is 0 Å². The smallest absolute Gasteiger partial charge is 0.307 e. The molecule has 0 aliphatic rings. The molecule has 2 N–H and O–H groups in total. The Labute approximate surface area is 195 Å². The molecule has 0 fully saturated rings. The van der Waals surface area contributed by atoms with Crippen LogP contribution in [0.25, 0.3) is 0 Å². The van der Waals surface area contributed by atoms with E-state index in [0.717, 1.165) is 12.1 Å². The number of rotatable bonds is 8. The second kappa shape index (κ2) is 10.4. The molecule has 0 heterocycles. The summed E-state index contributed by atoms with van der Waals surface area (Å²) >= 11 is 0. The highest BCUT2D eigenvalue weighted by Crippen LogP contribution is 2.21. The molecule has 0 aliphatic heterocycles.